The van der Waals surface area contributed by atoms with Crippen LogP contribution in [-0.2, 0) is 9.84 Å². The first-order chi connectivity index (χ1) is 6.53. The fourth-order valence-corrected chi connectivity index (χ4v) is 6.32. The molecule has 0 aromatic heterocycles. The first-order valence-electron chi connectivity index (χ1n) is 4.32. The Morgan fingerprint density at radius 3 is 2.93 bits per heavy atom. The predicted octanol–water partition coefficient (Wildman–Crippen LogP) is -0.522. The molecule has 7 heteroatoms. The average molecular weight is 253 g/mol. The summed E-state index contributed by atoms with van der Waals surface area (Å²) in [6.45, 7) is 0.465. The summed E-state index contributed by atoms with van der Waals surface area (Å²) in [6.07, 6.45) is 0. The summed E-state index contributed by atoms with van der Waals surface area (Å²) < 4.78 is 23.4. The predicted molar refractivity (Wildman–Crippen MR) is 60.2 cm³/mol. The van der Waals surface area contributed by atoms with E-state index in [0.29, 0.717) is 6.54 Å². The van der Waals surface area contributed by atoms with Gasteiger partial charge in [-0.1, -0.05) is 24.0 Å². The summed E-state index contributed by atoms with van der Waals surface area (Å²) >= 11 is 6.57. The quantitative estimate of drug-likeness (QED) is 0.668. The van der Waals surface area contributed by atoms with E-state index < -0.39 is 9.84 Å². The lowest BCUT2D eigenvalue weighted by atomic mass is 10.2. The van der Waals surface area contributed by atoms with Crippen LogP contribution in [0.15, 0.2) is 0 Å². The Kier molecular flexibility index (Phi) is 2.76. The Morgan fingerprint density at radius 2 is 2.29 bits per heavy atom. The summed E-state index contributed by atoms with van der Waals surface area (Å²) in [5.41, 5.74) is 0. The third-order valence-electron chi connectivity index (χ3n) is 2.50. The molecule has 80 valence electrons. The van der Waals surface area contributed by atoms with Gasteiger partial charge in [0.2, 0.25) is 0 Å². The molecule has 0 amide bonds. The van der Waals surface area contributed by atoms with Crippen LogP contribution in [0.25, 0.3) is 0 Å². The van der Waals surface area contributed by atoms with E-state index in [0.717, 1.165) is 4.32 Å². The highest BCUT2D eigenvalue weighted by atomic mass is 32.2. The summed E-state index contributed by atoms with van der Waals surface area (Å²) in [4.78, 5) is 1.84. The zero-order valence-electron chi connectivity index (χ0n) is 7.42. The van der Waals surface area contributed by atoms with E-state index >= 15 is 0 Å². The lowest BCUT2D eigenvalue weighted by Crippen LogP contribution is -2.38. The van der Waals surface area contributed by atoms with E-state index in [9.17, 15) is 8.42 Å². The van der Waals surface area contributed by atoms with Crippen molar-refractivity contribution in [2.45, 2.75) is 11.3 Å². The van der Waals surface area contributed by atoms with Gasteiger partial charge in [0.1, 0.15) is 4.32 Å². The second-order valence-electron chi connectivity index (χ2n) is 3.48. The minimum absolute atomic E-state index is 0.00958. The molecule has 0 bridgehead atoms. The smallest absolute Gasteiger partial charge is 0.153 e. The molecule has 2 aliphatic rings. The van der Waals surface area contributed by atoms with E-state index in [1.54, 1.807) is 0 Å². The monoisotopic (exact) mass is 253 g/mol. The number of hydrogen-bond donors (Lipinski definition) is 1. The van der Waals surface area contributed by atoms with Crippen molar-refractivity contribution in [3.05, 3.63) is 0 Å². The Bertz CT molecular complexity index is 353. The van der Waals surface area contributed by atoms with Crippen molar-refractivity contribution >= 4 is 38.1 Å². The van der Waals surface area contributed by atoms with Gasteiger partial charge in [-0.3, -0.25) is 0 Å². The fourth-order valence-electron chi connectivity index (χ4n) is 1.90. The number of hydrogen-bond acceptors (Lipinski definition) is 5. The van der Waals surface area contributed by atoms with Gasteiger partial charge >= 0.3 is 0 Å². The molecule has 4 nitrogen and oxygen atoms in total. The van der Waals surface area contributed by atoms with E-state index in [1.165, 1.54) is 11.8 Å². The highest BCUT2D eigenvalue weighted by Gasteiger charge is 2.47. The Morgan fingerprint density at radius 1 is 1.57 bits per heavy atom. The molecule has 2 atom stereocenters. The number of β-amino-alcohol motifs (C(OH)–C–C–N with tert-alkyl or cyclic N) is 1. The summed E-state index contributed by atoms with van der Waals surface area (Å²) in [6, 6.07) is -0.00958. The first-order valence-corrected chi connectivity index (χ1v) is 7.43. The largest absolute Gasteiger partial charge is 0.395 e. The summed E-state index contributed by atoms with van der Waals surface area (Å²) in [5, 5.41) is 8.92. The van der Waals surface area contributed by atoms with Gasteiger partial charge in [0.25, 0.3) is 0 Å². The number of nitrogens with zero attached hydrogens (tertiary/aromatic N) is 1. The maximum atomic E-state index is 11.4. The molecule has 2 saturated heterocycles. The van der Waals surface area contributed by atoms with Crippen LogP contribution in [0.5, 0.6) is 0 Å². The second kappa shape index (κ2) is 3.62. The number of thioether (sulfide) groups is 1. The van der Waals surface area contributed by atoms with Crippen LogP contribution in [0, 0.1) is 0 Å². The van der Waals surface area contributed by atoms with Crippen LogP contribution in [0.1, 0.15) is 0 Å². The van der Waals surface area contributed by atoms with Crippen LogP contribution in [0.3, 0.4) is 0 Å². The van der Waals surface area contributed by atoms with Gasteiger partial charge in [-0.25, -0.2) is 8.42 Å². The van der Waals surface area contributed by atoms with E-state index in [2.05, 4.69) is 0 Å². The average Bonchev–Trinajstić information content (AvgIpc) is 2.47. The Hall–Kier alpha value is 0.150. The van der Waals surface area contributed by atoms with Crippen LogP contribution >= 0.6 is 24.0 Å². The minimum Gasteiger partial charge on any atom is -0.395 e. The van der Waals surface area contributed by atoms with E-state index in [1.807, 2.05) is 4.90 Å². The summed E-state index contributed by atoms with van der Waals surface area (Å²) in [5.74, 6) is 0.412. The number of rotatable bonds is 2. The second-order valence-corrected chi connectivity index (χ2v) is 7.51. The van der Waals surface area contributed by atoms with Crippen LogP contribution in [-0.4, -0.2) is 58.7 Å². The van der Waals surface area contributed by atoms with Crippen LogP contribution in [0.2, 0.25) is 0 Å². The van der Waals surface area contributed by atoms with Crippen LogP contribution in [0.4, 0.5) is 0 Å². The van der Waals surface area contributed by atoms with E-state index in [-0.39, 0.29) is 29.4 Å². The minimum atomic E-state index is -2.88. The van der Waals surface area contributed by atoms with Crippen molar-refractivity contribution < 1.29 is 13.5 Å². The SMILES string of the molecule is O=S1(=O)C[C@@H]2SC(=S)N(CCO)[C@@H]2C1. The molecule has 0 aromatic rings. The summed E-state index contributed by atoms with van der Waals surface area (Å²) in [7, 11) is -2.88. The molecule has 2 heterocycles. The highest BCUT2D eigenvalue weighted by Crippen LogP contribution is 2.37. The molecule has 2 fully saturated rings. The number of thiocarbonyl (C=S) groups is 1. The molecule has 2 aliphatic heterocycles. The molecular weight excluding hydrogens is 242 g/mol. The Balaban J connectivity index is 2.17. The molecule has 2 rings (SSSR count). The van der Waals surface area contributed by atoms with Gasteiger partial charge in [-0.15, -0.1) is 0 Å². The molecule has 0 spiro atoms. The molecule has 14 heavy (non-hydrogen) atoms. The molecule has 1 N–H and O–H groups in total. The van der Waals surface area contributed by atoms with Crippen LogP contribution < -0.4 is 0 Å². The first kappa shape index (κ1) is 10.7. The third kappa shape index (κ3) is 1.78. The lowest BCUT2D eigenvalue weighted by molar-refractivity contribution is 0.236. The van der Waals surface area contributed by atoms with Gasteiger partial charge in [0.05, 0.1) is 24.2 Å². The molecule has 0 radical (unpaired) electrons. The molecule has 0 unspecified atom stereocenters. The normalized spacial score (nSPS) is 34.9. The molecule has 0 aromatic carbocycles. The van der Waals surface area contributed by atoms with Crippen molar-refractivity contribution in [2.75, 3.05) is 24.7 Å². The number of aliphatic hydroxyl groups excluding tert-OH is 1. The molecule has 0 saturated carbocycles. The van der Waals surface area contributed by atoms with Crippen molar-refractivity contribution in [1.82, 2.24) is 4.90 Å². The van der Waals surface area contributed by atoms with Gasteiger partial charge in [-0.2, -0.15) is 0 Å². The van der Waals surface area contributed by atoms with Gasteiger partial charge in [0, 0.05) is 11.8 Å². The maximum absolute atomic E-state index is 11.4. The maximum Gasteiger partial charge on any atom is 0.153 e. The third-order valence-corrected chi connectivity index (χ3v) is 6.17. The van der Waals surface area contributed by atoms with Crippen molar-refractivity contribution in [1.29, 1.82) is 0 Å². The van der Waals surface area contributed by atoms with Crippen molar-refractivity contribution in [2.24, 2.45) is 0 Å². The fraction of sp³-hybridized carbons (Fsp3) is 0.857. The molecule has 0 aliphatic carbocycles. The zero-order chi connectivity index (χ0) is 10.3. The molecular formula is C7H11NO3S3. The van der Waals surface area contributed by atoms with Gasteiger partial charge in [-0.05, 0) is 0 Å². The zero-order valence-corrected chi connectivity index (χ0v) is 9.87. The van der Waals surface area contributed by atoms with Crippen molar-refractivity contribution in [3.8, 4) is 0 Å². The standard InChI is InChI=1S/C7H11NO3S3/c9-2-1-8-5-3-14(10,11)4-6(5)13-7(8)12/h5-6,9H,1-4H2/t5-,6+/m1/s1. The van der Waals surface area contributed by atoms with Gasteiger partial charge < -0.3 is 10.0 Å². The highest BCUT2D eigenvalue weighted by molar-refractivity contribution is 8.24. The Labute approximate surface area is 92.6 Å². The number of fused-ring (bicyclic) bond motifs is 1. The van der Waals surface area contributed by atoms with E-state index in [4.69, 9.17) is 17.3 Å². The van der Waals surface area contributed by atoms with Crippen molar-refractivity contribution in [3.63, 3.8) is 0 Å². The topological polar surface area (TPSA) is 57.6 Å². The number of sulfone groups is 1. The lowest BCUT2D eigenvalue weighted by Gasteiger charge is -2.22. The van der Waals surface area contributed by atoms with Gasteiger partial charge in [0.15, 0.2) is 9.84 Å². The number of aliphatic hydroxyl groups is 1.